The van der Waals surface area contributed by atoms with E-state index < -0.39 is 0 Å². The number of rotatable bonds is 5. The zero-order valence-corrected chi connectivity index (χ0v) is 9.98. The highest BCUT2D eigenvalue weighted by Gasteiger charge is 2.08. The first-order valence-electron chi connectivity index (χ1n) is 4.71. The van der Waals surface area contributed by atoms with Crippen LogP contribution in [-0.2, 0) is 11.2 Å². The third-order valence-corrected chi connectivity index (χ3v) is 2.87. The average Bonchev–Trinajstić information content (AvgIpc) is 2.21. The first kappa shape index (κ1) is 12.8. The van der Waals surface area contributed by atoms with Crippen LogP contribution in [0.2, 0.25) is 5.02 Å². The van der Waals surface area contributed by atoms with Crippen molar-refractivity contribution in [2.75, 3.05) is 13.7 Å². The molecule has 1 atom stereocenters. The Kier molecular flexibility index (Phi) is 5.37. The van der Waals surface area contributed by atoms with Crippen molar-refractivity contribution in [3.8, 4) is 0 Å². The number of hydrogen-bond donors (Lipinski definition) is 0. The van der Waals surface area contributed by atoms with Crippen LogP contribution in [0.4, 0.5) is 4.39 Å². The lowest BCUT2D eigenvalue weighted by molar-refractivity contribution is 0.195. The minimum Gasteiger partial charge on any atom is -0.383 e. The SMILES string of the molecule is COCC(Cl)CCc1cccc(F)c1Cl. The van der Waals surface area contributed by atoms with Crippen molar-refractivity contribution in [3.63, 3.8) is 0 Å². The zero-order valence-electron chi connectivity index (χ0n) is 8.47. The standard InChI is InChI=1S/C11H13Cl2FO/c1-15-7-9(12)6-5-8-3-2-4-10(14)11(8)13/h2-4,9H,5-7H2,1H3. The van der Waals surface area contributed by atoms with Gasteiger partial charge in [0.05, 0.1) is 17.0 Å². The van der Waals surface area contributed by atoms with E-state index in [1.54, 1.807) is 13.2 Å². The minimum absolute atomic E-state index is 0.0608. The van der Waals surface area contributed by atoms with Crippen molar-refractivity contribution in [1.29, 1.82) is 0 Å². The first-order chi connectivity index (χ1) is 7.15. The van der Waals surface area contributed by atoms with Crippen LogP contribution in [0.3, 0.4) is 0 Å². The van der Waals surface area contributed by atoms with Crippen molar-refractivity contribution in [2.24, 2.45) is 0 Å². The van der Waals surface area contributed by atoms with Gasteiger partial charge in [0.1, 0.15) is 5.82 Å². The molecule has 0 bridgehead atoms. The molecular weight excluding hydrogens is 238 g/mol. The fourth-order valence-electron chi connectivity index (χ4n) is 1.32. The topological polar surface area (TPSA) is 9.23 Å². The van der Waals surface area contributed by atoms with Crippen LogP contribution in [0.25, 0.3) is 0 Å². The molecule has 1 aromatic carbocycles. The van der Waals surface area contributed by atoms with Crippen LogP contribution in [-0.4, -0.2) is 19.1 Å². The van der Waals surface area contributed by atoms with E-state index in [4.69, 9.17) is 27.9 Å². The van der Waals surface area contributed by atoms with Gasteiger partial charge in [-0.3, -0.25) is 0 Å². The largest absolute Gasteiger partial charge is 0.383 e. The van der Waals surface area contributed by atoms with Gasteiger partial charge in [0.25, 0.3) is 0 Å². The number of alkyl halides is 1. The summed E-state index contributed by atoms with van der Waals surface area (Å²) in [6.45, 7) is 0.495. The highest BCUT2D eigenvalue weighted by Crippen LogP contribution is 2.22. The van der Waals surface area contributed by atoms with E-state index >= 15 is 0 Å². The van der Waals surface area contributed by atoms with Gasteiger partial charge in [-0.25, -0.2) is 4.39 Å². The Balaban J connectivity index is 2.54. The van der Waals surface area contributed by atoms with Gasteiger partial charge < -0.3 is 4.74 Å². The number of aryl methyl sites for hydroxylation is 1. The lowest BCUT2D eigenvalue weighted by Gasteiger charge is -2.09. The fourth-order valence-corrected chi connectivity index (χ4v) is 1.77. The Labute approximate surface area is 99.1 Å². The molecule has 0 aliphatic heterocycles. The third kappa shape index (κ3) is 3.98. The predicted molar refractivity (Wildman–Crippen MR) is 61.2 cm³/mol. The molecule has 0 spiro atoms. The van der Waals surface area contributed by atoms with E-state index in [1.165, 1.54) is 6.07 Å². The molecule has 84 valence electrons. The Morgan fingerprint density at radius 3 is 2.87 bits per heavy atom. The second-order valence-corrected chi connectivity index (χ2v) is 4.30. The molecule has 1 rings (SSSR count). The molecule has 0 aromatic heterocycles. The van der Waals surface area contributed by atoms with Gasteiger partial charge in [-0.05, 0) is 24.5 Å². The zero-order chi connectivity index (χ0) is 11.3. The summed E-state index contributed by atoms with van der Waals surface area (Å²) in [4.78, 5) is 0. The Morgan fingerprint density at radius 2 is 2.20 bits per heavy atom. The van der Waals surface area contributed by atoms with Gasteiger partial charge in [-0.15, -0.1) is 11.6 Å². The monoisotopic (exact) mass is 250 g/mol. The maximum atomic E-state index is 13.1. The Bertz CT molecular complexity index is 317. The molecule has 15 heavy (non-hydrogen) atoms. The summed E-state index contributed by atoms with van der Waals surface area (Å²) < 4.78 is 18.0. The fraction of sp³-hybridized carbons (Fsp3) is 0.455. The normalized spacial score (nSPS) is 12.8. The van der Waals surface area contributed by atoms with Gasteiger partial charge in [0.15, 0.2) is 0 Å². The maximum Gasteiger partial charge on any atom is 0.142 e. The van der Waals surface area contributed by atoms with Gasteiger partial charge >= 0.3 is 0 Å². The van der Waals surface area contributed by atoms with Crippen molar-refractivity contribution in [2.45, 2.75) is 18.2 Å². The van der Waals surface area contributed by atoms with Gasteiger partial charge in [-0.1, -0.05) is 23.7 Å². The summed E-state index contributed by atoms with van der Waals surface area (Å²) in [5.74, 6) is -0.382. The van der Waals surface area contributed by atoms with E-state index in [2.05, 4.69) is 0 Å². The van der Waals surface area contributed by atoms with E-state index in [0.29, 0.717) is 13.0 Å². The molecule has 0 amide bonds. The third-order valence-electron chi connectivity index (χ3n) is 2.11. The highest BCUT2D eigenvalue weighted by atomic mass is 35.5. The second kappa shape index (κ2) is 6.31. The van der Waals surface area contributed by atoms with Gasteiger partial charge in [0, 0.05) is 7.11 Å². The molecular formula is C11H13Cl2FO. The lowest BCUT2D eigenvalue weighted by Crippen LogP contribution is -2.08. The van der Waals surface area contributed by atoms with Crippen LogP contribution < -0.4 is 0 Å². The summed E-state index contributed by atoms with van der Waals surface area (Å²) in [6.07, 6.45) is 1.38. The smallest absolute Gasteiger partial charge is 0.142 e. The first-order valence-corrected chi connectivity index (χ1v) is 5.52. The van der Waals surface area contributed by atoms with E-state index in [0.717, 1.165) is 12.0 Å². The van der Waals surface area contributed by atoms with Crippen molar-refractivity contribution in [3.05, 3.63) is 34.6 Å². The highest BCUT2D eigenvalue weighted by molar-refractivity contribution is 6.31. The molecule has 0 heterocycles. The average molecular weight is 251 g/mol. The minimum atomic E-state index is -0.382. The molecule has 0 saturated carbocycles. The molecule has 0 aliphatic rings. The van der Waals surface area contributed by atoms with Crippen LogP contribution >= 0.6 is 23.2 Å². The summed E-state index contributed by atoms with van der Waals surface area (Å²) in [5.41, 5.74) is 0.790. The second-order valence-electron chi connectivity index (χ2n) is 3.30. The van der Waals surface area contributed by atoms with Crippen LogP contribution in [0.5, 0.6) is 0 Å². The summed E-state index contributed by atoms with van der Waals surface area (Å²) in [5, 5.41) is 0.133. The quantitative estimate of drug-likeness (QED) is 0.725. The van der Waals surface area contributed by atoms with Crippen molar-refractivity contribution >= 4 is 23.2 Å². The molecule has 1 aromatic rings. The summed E-state index contributed by atoms with van der Waals surface area (Å²) >= 11 is 11.8. The molecule has 4 heteroatoms. The molecule has 0 aliphatic carbocycles. The molecule has 0 saturated heterocycles. The van der Waals surface area contributed by atoms with Gasteiger partial charge in [-0.2, -0.15) is 0 Å². The molecule has 1 nitrogen and oxygen atoms in total. The number of ether oxygens (including phenoxy) is 1. The number of halogens is 3. The van der Waals surface area contributed by atoms with E-state index in [1.807, 2.05) is 6.07 Å². The molecule has 1 unspecified atom stereocenters. The van der Waals surface area contributed by atoms with Crippen LogP contribution in [0.1, 0.15) is 12.0 Å². The van der Waals surface area contributed by atoms with E-state index in [9.17, 15) is 4.39 Å². The van der Waals surface area contributed by atoms with Gasteiger partial charge in [0.2, 0.25) is 0 Å². The molecule has 0 radical (unpaired) electrons. The summed E-state index contributed by atoms with van der Waals surface area (Å²) in [7, 11) is 1.60. The lowest BCUT2D eigenvalue weighted by atomic mass is 10.1. The molecule has 0 N–H and O–H groups in total. The predicted octanol–water partition coefficient (Wildman–Crippen LogP) is 3.67. The molecule has 0 fully saturated rings. The van der Waals surface area contributed by atoms with Crippen LogP contribution in [0.15, 0.2) is 18.2 Å². The maximum absolute atomic E-state index is 13.1. The number of benzene rings is 1. The Morgan fingerprint density at radius 1 is 1.47 bits per heavy atom. The van der Waals surface area contributed by atoms with Crippen LogP contribution in [0, 0.1) is 5.82 Å². The van der Waals surface area contributed by atoms with Crippen molar-refractivity contribution < 1.29 is 9.13 Å². The summed E-state index contributed by atoms with van der Waals surface area (Å²) in [6, 6.07) is 4.80. The number of methoxy groups -OCH3 is 1. The van der Waals surface area contributed by atoms with E-state index in [-0.39, 0.29) is 16.2 Å². The Hall–Kier alpha value is -0.310. The van der Waals surface area contributed by atoms with Crippen molar-refractivity contribution in [1.82, 2.24) is 0 Å². The number of hydrogen-bond acceptors (Lipinski definition) is 1.